The van der Waals surface area contributed by atoms with Gasteiger partial charge in [0.15, 0.2) is 5.78 Å². The molecule has 18 heavy (non-hydrogen) atoms. The molecule has 0 aromatic heterocycles. The Morgan fingerprint density at radius 3 is 3.00 bits per heavy atom. The molecule has 1 aliphatic heterocycles. The number of ether oxygens (including phenoxy) is 1. The highest BCUT2D eigenvalue weighted by atomic mass is 16.5. The first-order valence-corrected chi connectivity index (χ1v) is 5.75. The molecule has 0 radical (unpaired) electrons. The van der Waals surface area contributed by atoms with Crippen LogP contribution in [0.4, 0.5) is 5.69 Å². The number of Topliss-reactive ketones (excluding diaryl/α,β-unsaturated/α-hetero) is 1. The van der Waals surface area contributed by atoms with Crippen molar-refractivity contribution in [3.05, 3.63) is 29.8 Å². The molecule has 1 aliphatic rings. The van der Waals surface area contributed by atoms with Gasteiger partial charge in [-0.15, -0.1) is 0 Å². The fraction of sp³-hybridized carbons (Fsp3) is 0.385. The predicted molar refractivity (Wildman–Crippen MR) is 65.6 cm³/mol. The molecule has 0 saturated carbocycles. The van der Waals surface area contributed by atoms with Crippen LogP contribution in [0.2, 0.25) is 0 Å². The van der Waals surface area contributed by atoms with E-state index in [0.29, 0.717) is 17.8 Å². The summed E-state index contributed by atoms with van der Waals surface area (Å²) in [6, 6.07) is 6.90. The van der Waals surface area contributed by atoms with Crippen LogP contribution in [-0.4, -0.2) is 42.7 Å². The van der Waals surface area contributed by atoms with Crippen LogP contribution in [0.15, 0.2) is 24.3 Å². The van der Waals surface area contributed by atoms with Gasteiger partial charge < -0.3 is 14.7 Å². The number of carbonyl (C=O) groups excluding carboxylic acids is 2. The van der Waals surface area contributed by atoms with Crippen molar-refractivity contribution < 1.29 is 19.4 Å². The third-order valence-corrected chi connectivity index (χ3v) is 2.90. The molecule has 5 nitrogen and oxygen atoms in total. The summed E-state index contributed by atoms with van der Waals surface area (Å²) in [5.74, 6) is -0.211. The number of aliphatic hydroxyl groups is 1. The number of hydrogen-bond acceptors (Lipinski definition) is 4. The molecular formula is C13H15NO4. The zero-order valence-corrected chi connectivity index (χ0v) is 10.1. The Hall–Kier alpha value is -1.72. The van der Waals surface area contributed by atoms with Crippen LogP contribution in [0.1, 0.15) is 17.3 Å². The normalized spacial score (nSPS) is 20.0. The molecule has 1 fully saturated rings. The minimum Gasteiger partial charge on any atom is -0.394 e. The van der Waals surface area contributed by atoms with Gasteiger partial charge in [0.2, 0.25) is 0 Å². The van der Waals surface area contributed by atoms with E-state index in [4.69, 9.17) is 9.84 Å². The van der Waals surface area contributed by atoms with Crippen molar-refractivity contribution in [2.24, 2.45) is 0 Å². The minimum absolute atomic E-state index is 0.0451. The average molecular weight is 249 g/mol. The van der Waals surface area contributed by atoms with Gasteiger partial charge in [-0.1, -0.05) is 12.1 Å². The molecule has 0 aliphatic carbocycles. The topological polar surface area (TPSA) is 66.8 Å². The number of aliphatic hydroxyl groups excluding tert-OH is 1. The van der Waals surface area contributed by atoms with E-state index in [2.05, 4.69) is 0 Å². The van der Waals surface area contributed by atoms with Gasteiger partial charge in [0, 0.05) is 11.3 Å². The lowest BCUT2D eigenvalue weighted by molar-refractivity contribution is -0.130. The van der Waals surface area contributed by atoms with E-state index in [1.54, 1.807) is 24.3 Å². The van der Waals surface area contributed by atoms with E-state index in [0.717, 1.165) is 0 Å². The standard InChI is InChI=1S/C13H15NO4/c1-9(16)10-3-2-4-11(5-10)14-6-12(7-15)18-8-13(14)17/h2-5,12,15H,6-8H2,1H3. The van der Waals surface area contributed by atoms with Gasteiger partial charge >= 0.3 is 0 Å². The number of morpholine rings is 1. The molecule has 1 atom stereocenters. The van der Waals surface area contributed by atoms with Crippen LogP contribution in [0.25, 0.3) is 0 Å². The first-order valence-electron chi connectivity index (χ1n) is 5.75. The van der Waals surface area contributed by atoms with Gasteiger partial charge in [-0.05, 0) is 19.1 Å². The molecule has 0 spiro atoms. The first kappa shape index (κ1) is 12.7. The lowest BCUT2D eigenvalue weighted by Crippen LogP contribution is -2.48. The lowest BCUT2D eigenvalue weighted by atomic mass is 10.1. The second-order valence-corrected chi connectivity index (χ2v) is 4.23. The van der Waals surface area contributed by atoms with Crippen LogP contribution in [0, 0.1) is 0 Å². The summed E-state index contributed by atoms with van der Waals surface area (Å²) < 4.78 is 5.16. The summed E-state index contributed by atoms with van der Waals surface area (Å²) in [4.78, 5) is 24.6. The Labute approximate surface area is 105 Å². The Morgan fingerprint density at radius 1 is 1.56 bits per heavy atom. The summed E-state index contributed by atoms with van der Waals surface area (Å²) in [5.41, 5.74) is 1.22. The Balaban J connectivity index is 2.26. The third kappa shape index (κ3) is 2.57. The number of carbonyl (C=O) groups is 2. The van der Waals surface area contributed by atoms with Gasteiger partial charge in [0.05, 0.1) is 19.3 Å². The maximum absolute atomic E-state index is 11.8. The van der Waals surface area contributed by atoms with Gasteiger partial charge in [-0.25, -0.2) is 0 Å². The summed E-state index contributed by atoms with van der Waals surface area (Å²) in [5, 5.41) is 9.07. The number of anilines is 1. The van der Waals surface area contributed by atoms with Gasteiger partial charge in [0.1, 0.15) is 6.61 Å². The van der Waals surface area contributed by atoms with Crippen LogP contribution < -0.4 is 4.90 Å². The maximum Gasteiger partial charge on any atom is 0.253 e. The maximum atomic E-state index is 11.8. The van der Waals surface area contributed by atoms with E-state index >= 15 is 0 Å². The largest absolute Gasteiger partial charge is 0.394 e. The van der Waals surface area contributed by atoms with E-state index in [9.17, 15) is 9.59 Å². The monoisotopic (exact) mass is 249 g/mol. The van der Waals surface area contributed by atoms with E-state index in [1.165, 1.54) is 11.8 Å². The molecule has 1 N–H and O–H groups in total. The second-order valence-electron chi connectivity index (χ2n) is 4.23. The number of amides is 1. The third-order valence-electron chi connectivity index (χ3n) is 2.90. The highest BCUT2D eigenvalue weighted by Gasteiger charge is 2.27. The Kier molecular flexibility index (Phi) is 3.74. The minimum atomic E-state index is -0.372. The first-order chi connectivity index (χ1) is 8.61. The summed E-state index contributed by atoms with van der Waals surface area (Å²) in [6.07, 6.45) is -0.372. The van der Waals surface area contributed by atoms with Crippen molar-refractivity contribution in [3.8, 4) is 0 Å². The van der Waals surface area contributed by atoms with Crippen molar-refractivity contribution in [1.82, 2.24) is 0 Å². The molecule has 1 aromatic rings. The lowest BCUT2D eigenvalue weighted by Gasteiger charge is -2.32. The SMILES string of the molecule is CC(=O)c1cccc(N2CC(CO)OCC2=O)c1. The van der Waals surface area contributed by atoms with E-state index in [-0.39, 0.29) is 31.0 Å². The predicted octanol–water partition coefficient (Wildman–Crippen LogP) is 0.613. The summed E-state index contributed by atoms with van der Waals surface area (Å²) >= 11 is 0. The quantitative estimate of drug-likeness (QED) is 0.797. The van der Waals surface area contributed by atoms with Crippen molar-refractivity contribution in [1.29, 1.82) is 0 Å². The fourth-order valence-electron chi connectivity index (χ4n) is 1.88. The van der Waals surface area contributed by atoms with Crippen LogP contribution in [0.5, 0.6) is 0 Å². The van der Waals surface area contributed by atoms with E-state index < -0.39 is 0 Å². The van der Waals surface area contributed by atoms with Gasteiger partial charge in [-0.3, -0.25) is 9.59 Å². The number of benzene rings is 1. The molecule has 1 aromatic carbocycles. The van der Waals surface area contributed by atoms with Crippen LogP contribution in [-0.2, 0) is 9.53 Å². The van der Waals surface area contributed by atoms with Gasteiger partial charge in [-0.2, -0.15) is 0 Å². The zero-order valence-electron chi connectivity index (χ0n) is 10.1. The Morgan fingerprint density at radius 2 is 2.33 bits per heavy atom. The van der Waals surface area contributed by atoms with Crippen molar-refractivity contribution in [2.75, 3.05) is 24.7 Å². The number of hydrogen-bond donors (Lipinski definition) is 1. The van der Waals surface area contributed by atoms with Crippen LogP contribution >= 0.6 is 0 Å². The second kappa shape index (κ2) is 5.29. The molecule has 1 amide bonds. The van der Waals surface area contributed by atoms with Crippen molar-refractivity contribution in [2.45, 2.75) is 13.0 Å². The summed E-state index contributed by atoms with van der Waals surface area (Å²) in [7, 11) is 0. The molecule has 1 heterocycles. The Bertz CT molecular complexity index is 472. The molecule has 1 saturated heterocycles. The van der Waals surface area contributed by atoms with Crippen LogP contribution in [0.3, 0.4) is 0 Å². The number of nitrogens with zero attached hydrogens (tertiary/aromatic N) is 1. The highest BCUT2D eigenvalue weighted by molar-refractivity contribution is 5.98. The number of ketones is 1. The molecule has 2 rings (SSSR count). The van der Waals surface area contributed by atoms with E-state index in [1.807, 2.05) is 0 Å². The summed E-state index contributed by atoms with van der Waals surface area (Å²) in [6.45, 7) is 1.61. The van der Waals surface area contributed by atoms with Gasteiger partial charge in [0.25, 0.3) is 5.91 Å². The smallest absolute Gasteiger partial charge is 0.253 e. The zero-order chi connectivity index (χ0) is 13.1. The fourth-order valence-corrected chi connectivity index (χ4v) is 1.88. The molecule has 0 bridgehead atoms. The molecule has 1 unspecified atom stereocenters. The van der Waals surface area contributed by atoms with Crippen molar-refractivity contribution in [3.63, 3.8) is 0 Å². The average Bonchev–Trinajstić information content (AvgIpc) is 2.39. The molecular weight excluding hydrogens is 234 g/mol. The number of rotatable bonds is 3. The molecule has 5 heteroatoms. The molecule has 96 valence electrons. The van der Waals surface area contributed by atoms with Crippen molar-refractivity contribution >= 4 is 17.4 Å². The highest BCUT2D eigenvalue weighted by Crippen LogP contribution is 2.20.